The Morgan fingerprint density at radius 2 is 2.22 bits per heavy atom. The first-order valence-corrected chi connectivity index (χ1v) is 6.57. The van der Waals surface area contributed by atoms with Gasteiger partial charge in [-0.1, -0.05) is 11.6 Å². The molecular weight excluding hydrogens is 252 g/mol. The maximum absolute atomic E-state index is 10.1. The van der Waals surface area contributed by atoms with Crippen LogP contribution in [0.15, 0.2) is 12.1 Å². The summed E-state index contributed by atoms with van der Waals surface area (Å²) in [5.41, 5.74) is 0.821. The number of phenolic OH excluding ortho intramolecular Hbond substituents is 1. The van der Waals surface area contributed by atoms with Crippen molar-refractivity contribution in [3.8, 4) is 11.5 Å². The molecule has 1 aliphatic heterocycles. The fourth-order valence-corrected chi connectivity index (χ4v) is 2.44. The van der Waals surface area contributed by atoms with Crippen molar-refractivity contribution in [2.45, 2.75) is 13.0 Å². The minimum atomic E-state index is 0.194. The zero-order valence-electron chi connectivity index (χ0n) is 10.6. The lowest BCUT2D eigenvalue weighted by atomic mass is 10.1. The smallest absolute Gasteiger partial charge is 0.162 e. The van der Waals surface area contributed by atoms with E-state index in [0.717, 1.165) is 38.2 Å². The van der Waals surface area contributed by atoms with Crippen LogP contribution in [0.25, 0.3) is 0 Å². The Morgan fingerprint density at radius 1 is 1.39 bits per heavy atom. The molecule has 0 bridgehead atoms. The fraction of sp³-hybridized carbons (Fsp3) is 0.538. The molecule has 0 aliphatic carbocycles. The molecule has 1 aromatic carbocycles. The van der Waals surface area contributed by atoms with Crippen LogP contribution in [-0.4, -0.2) is 43.3 Å². The second kappa shape index (κ2) is 6.27. The van der Waals surface area contributed by atoms with Crippen LogP contribution in [0.2, 0.25) is 5.02 Å². The second-order valence-corrected chi connectivity index (χ2v) is 4.93. The van der Waals surface area contributed by atoms with Crippen LogP contribution in [0.4, 0.5) is 0 Å². The van der Waals surface area contributed by atoms with Crippen LogP contribution in [0.3, 0.4) is 0 Å². The SMILES string of the molecule is COc1cc(Cl)cc(CN2CCCNCC2)c1O. The van der Waals surface area contributed by atoms with Crippen molar-refractivity contribution < 1.29 is 9.84 Å². The molecule has 2 rings (SSSR count). The normalized spacial score (nSPS) is 17.4. The Bertz CT molecular complexity index is 404. The molecule has 18 heavy (non-hydrogen) atoms. The van der Waals surface area contributed by atoms with Crippen molar-refractivity contribution in [3.05, 3.63) is 22.7 Å². The zero-order valence-corrected chi connectivity index (χ0v) is 11.3. The van der Waals surface area contributed by atoms with Crippen molar-refractivity contribution in [2.24, 2.45) is 0 Å². The van der Waals surface area contributed by atoms with E-state index in [0.29, 0.717) is 17.3 Å². The fourth-order valence-electron chi connectivity index (χ4n) is 2.21. The first-order valence-electron chi connectivity index (χ1n) is 6.19. The van der Waals surface area contributed by atoms with Gasteiger partial charge in [-0.25, -0.2) is 0 Å². The number of ether oxygens (including phenoxy) is 1. The van der Waals surface area contributed by atoms with E-state index in [-0.39, 0.29) is 5.75 Å². The third-order valence-corrected chi connectivity index (χ3v) is 3.38. The lowest BCUT2D eigenvalue weighted by Crippen LogP contribution is -2.27. The minimum absolute atomic E-state index is 0.194. The van der Waals surface area contributed by atoms with Crippen molar-refractivity contribution >= 4 is 11.6 Å². The van der Waals surface area contributed by atoms with E-state index in [1.165, 1.54) is 7.11 Å². The van der Waals surface area contributed by atoms with Crippen LogP contribution in [0.1, 0.15) is 12.0 Å². The molecule has 1 saturated heterocycles. The number of aromatic hydroxyl groups is 1. The molecule has 100 valence electrons. The van der Waals surface area contributed by atoms with Crippen LogP contribution in [0.5, 0.6) is 11.5 Å². The maximum atomic E-state index is 10.1. The highest BCUT2D eigenvalue weighted by Crippen LogP contribution is 2.34. The largest absolute Gasteiger partial charge is 0.504 e. The third-order valence-electron chi connectivity index (χ3n) is 3.17. The average molecular weight is 271 g/mol. The molecule has 1 aliphatic rings. The van der Waals surface area contributed by atoms with Gasteiger partial charge in [0.05, 0.1) is 7.11 Å². The highest BCUT2D eigenvalue weighted by molar-refractivity contribution is 6.30. The highest BCUT2D eigenvalue weighted by Gasteiger charge is 2.14. The number of nitrogens with zero attached hydrogens (tertiary/aromatic N) is 1. The first-order chi connectivity index (χ1) is 8.70. The van der Waals surface area contributed by atoms with Crippen LogP contribution < -0.4 is 10.1 Å². The quantitative estimate of drug-likeness (QED) is 0.880. The van der Waals surface area contributed by atoms with Gasteiger partial charge in [0.1, 0.15) is 0 Å². The van der Waals surface area contributed by atoms with Gasteiger partial charge in [-0.05, 0) is 25.6 Å². The number of benzene rings is 1. The van der Waals surface area contributed by atoms with Gasteiger partial charge in [-0.3, -0.25) is 4.90 Å². The van der Waals surface area contributed by atoms with Crippen molar-refractivity contribution in [1.29, 1.82) is 0 Å². The summed E-state index contributed by atoms with van der Waals surface area (Å²) in [5, 5.41) is 14.0. The van der Waals surface area contributed by atoms with Crippen molar-refractivity contribution in [2.75, 3.05) is 33.3 Å². The van der Waals surface area contributed by atoms with Gasteiger partial charge in [0.15, 0.2) is 11.5 Å². The molecule has 0 radical (unpaired) electrons. The molecule has 0 aromatic heterocycles. The standard InChI is InChI=1S/C13H19ClN2O2/c1-18-12-8-11(14)7-10(13(12)17)9-16-5-2-3-15-4-6-16/h7-8,15,17H,2-6,9H2,1H3. The van der Waals surface area contributed by atoms with Gasteiger partial charge in [0.25, 0.3) is 0 Å². The minimum Gasteiger partial charge on any atom is -0.504 e. The number of phenols is 1. The van der Waals surface area contributed by atoms with Gasteiger partial charge in [0, 0.05) is 36.3 Å². The molecule has 2 N–H and O–H groups in total. The van der Waals surface area contributed by atoms with Gasteiger partial charge in [0.2, 0.25) is 0 Å². The lowest BCUT2D eigenvalue weighted by Gasteiger charge is -2.20. The maximum Gasteiger partial charge on any atom is 0.162 e. The van der Waals surface area contributed by atoms with E-state index in [9.17, 15) is 5.11 Å². The molecule has 5 heteroatoms. The van der Waals surface area contributed by atoms with Gasteiger partial charge >= 0.3 is 0 Å². The van der Waals surface area contributed by atoms with E-state index in [1.807, 2.05) is 0 Å². The Hall–Kier alpha value is -0.970. The predicted octanol–water partition coefficient (Wildman–Crippen LogP) is 1.85. The van der Waals surface area contributed by atoms with Gasteiger partial charge < -0.3 is 15.2 Å². The van der Waals surface area contributed by atoms with E-state index < -0.39 is 0 Å². The molecule has 0 amide bonds. The summed E-state index contributed by atoms with van der Waals surface area (Å²) in [6.45, 7) is 4.75. The summed E-state index contributed by atoms with van der Waals surface area (Å²) in [4.78, 5) is 2.31. The summed E-state index contributed by atoms with van der Waals surface area (Å²) in [7, 11) is 1.53. The monoisotopic (exact) mass is 270 g/mol. The molecule has 0 spiro atoms. The van der Waals surface area contributed by atoms with Crippen LogP contribution >= 0.6 is 11.6 Å². The molecule has 4 nitrogen and oxygen atoms in total. The van der Waals surface area contributed by atoms with E-state index in [4.69, 9.17) is 16.3 Å². The summed E-state index contributed by atoms with van der Waals surface area (Å²) in [5.74, 6) is 0.629. The van der Waals surface area contributed by atoms with Crippen molar-refractivity contribution in [1.82, 2.24) is 10.2 Å². The van der Waals surface area contributed by atoms with Crippen molar-refractivity contribution in [3.63, 3.8) is 0 Å². The molecule has 0 unspecified atom stereocenters. The number of hydrogen-bond acceptors (Lipinski definition) is 4. The number of methoxy groups -OCH3 is 1. The molecule has 1 heterocycles. The summed E-state index contributed by atoms with van der Waals surface area (Å²) < 4.78 is 5.12. The third kappa shape index (κ3) is 3.28. The Labute approximate surface area is 113 Å². The Balaban J connectivity index is 2.14. The average Bonchev–Trinajstić information content (AvgIpc) is 2.62. The topological polar surface area (TPSA) is 44.7 Å². The van der Waals surface area contributed by atoms with Gasteiger partial charge in [-0.15, -0.1) is 0 Å². The molecule has 1 fully saturated rings. The Kier molecular flexibility index (Phi) is 4.69. The number of rotatable bonds is 3. The molecule has 0 saturated carbocycles. The number of nitrogens with one attached hydrogen (secondary N) is 1. The predicted molar refractivity (Wildman–Crippen MR) is 72.4 cm³/mol. The zero-order chi connectivity index (χ0) is 13.0. The van der Waals surface area contributed by atoms with E-state index in [1.54, 1.807) is 12.1 Å². The van der Waals surface area contributed by atoms with Gasteiger partial charge in [-0.2, -0.15) is 0 Å². The summed E-state index contributed by atoms with van der Waals surface area (Å²) in [6, 6.07) is 3.43. The van der Waals surface area contributed by atoms with Crippen LogP contribution in [0, 0.1) is 0 Å². The molecular formula is C13H19ClN2O2. The summed E-state index contributed by atoms with van der Waals surface area (Å²) in [6.07, 6.45) is 1.12. The van der Waals surface area contributed by atoms with E-state index >= 15 is 0 Å². The Morgan fingerprint density at radius 3 is 3.00 bits per heavy atom. The lowest BCUT2D eigenvalue weighted by molar-refractivity contribution is 0.277. The molecule has 0 atom stereocenters. The number of hydrogen-bond donors (Lipinski definition) is 2. The second-order valence-electron chi connectivity index (χ2n) is 4.50. The van der Waals surface area contributed by atoms with Crippen LogP contribution in [-0.2, 0) is 6.54 Å². The van der Waals surface area contributed by atoms with E-state index in [2.05, 4.69) is 10.2 Å². The first kappa shape index (κ1) is 13.5. The highest BCUT2D eigenvalue weighted by atomic mass is 35.5. The summed E-state index contributed by atoms with van der Waals surface area (Å²) >= 11 is 6.03. The molecule has 1 aromatic rings. The number of halogens is 1.